The number of phenols is 1. The summed E-state index contributed by atoms with van der Waals surface area (Å²) in [7, 11) is -0.808. The van der Waals surface area contributed by atoms with Gasteiger partial charge in [0.25, 0.3) is 0 Å². The molecule has 1 aliphatic rings. The maximum Gasteiger partial charge on any atom is 0.227 e. The van der Waals surface area contributed by atoms with Gasteiger partial charge < -0.3 is 34.7 Å². The van der Waals surface area contributed by atoms with E-state index in [-0.39, 0.29) is 35.3 Å². The predicted octanol–water partition coefficient (Wildman–Crippen LogP) is 6.09. The number of benzene rings is 3. The third-order valence-corrected chi connectivity index (χ3v) is 13.4. The number of nitrogens with one attached hydrogen (secondary N) is 1. The number of ether oxygens (including phenoxy) is 2. The van der Waals surface area contributed by atoms with E-state index in [2.05, 4.69) is 38.2 Å². The summed E-state index contributed by atoms with van der Waals surface area (Å²) >= 11 is 0. The molecule has 2 atom stereocenters. The SMILES string of the molecule is CCOc1cc2c(cc1OC)CCN(C(=O)Cc1cccc(C[C@@H](C)NC[C@H](CC(C)(C)[Si](C)(C)O)c3ccc(O)c(CO)c3)c1)C2. The van der Waals surface area contributed by atoms with Crippen molar-refractivity contribution in [1.29, 1.82) is 0 Å². The molecular formula is C38H54N2O6Si. The van der Waals surface area contributed by atoms with E-state index in [1.807, 2.05) is 61.3 Å². The van der Waals surface area contributed by atoms with Gasteiger partial charge >= 0.3 is 0 Å². The standard InChI is InChI=1S/C38H54N2O6Si/c1-8-46-36-21-31-24-40(15-14-30(31)20-35(36)45-5)37(43)18-28-11-9-10-27(17-28)16-26(2)39-23-33(22-38(3,4)47(6,7)44)29-12-13-34(42)32(19-29)25-41/h9-13,17,19-21,26,33,39,41-42,44H,8,14-16,18,22-25H2,1-7H3/t26-,33+/m1/s1. The average Bonchev–Trinajstić information content (AvgIpc) is 3.02. The van der Waals surface area contributed by atoms with Crippen LogP contribution in [0.4, 0.5) is 0 Å². The molecule has 1 heterocycles. The van der Waals surface area contributed by atoms with Crippen LogP contribution in [0.15, 0.2) is 54.6 Å². The zero-order valence-corrected chi connectivity index (χ0v) is 30.2. The van der Waals surface area contributed by atoms with Crippen molar-refractivity contribution < 1.29 is 29.3 Å². The summed E-state index contributed by atoms with van der Waals surface area (Å²) in [5, 5.41) is 23.4. The second-order valence-electron chi connectivity index (χ2n) is 14.2. The topological polar surface area (TPSA) is 111 Å². The lowest BCUT2D eigenvalue weighted by molar-refractivity contribution is -0.131. The van der Waals surface area contributed by atoms with Crippen molar-refractivity contribution in [2.45, 2.75) is 96.6 Å². The van der Waals surface area contributed by atoms with Crippen molar-refractivity contribution in [2.75, 3.05) is 26.8 Å². The third kappa shape index (κ3) is 9.38. The van der Waals surface area contributed by atoms with E-state index in [0.717, 1.165) is 41.7 Å². The second-order valence-corrected chi connectivity index (χ2v) is 18.6. The number of methoxy groups -OCH3 is 1. The minimum Gasteiger partial charge on any atom is -0.508 e. The Balaban J connectivity index is 1.39. The van der Waals surface area contributed by atoms with E-state index in [0.29, 0.717) is 44.0 Å². The van der Waals surface area contributed by atoms with Crippen LogP contribution >= 0.6 is 0 Å². The van der Waals surface area contributed by atoms with E-state index >= 15 is 0 Å². The van der Waals surface area contributed by atoms with Crippen molar-refractivity contribution >= 4 is 14.2 Å². The van der Waals surface area contributed by atoms with E-state index in [1.165, 1.54) is 11.1 Å². The predicted molar refractivity (Wildman–Crippen MR) is 190 cm³/mol. The fraction of sp³-hybridized carbons (Fsp3) is 0.500. The average molecular weight is 663 g/mol. The van der Waals surface area contributed by atoms with Crippen LogP contribution in [-0.4, -0.2) is 67.0 Å². The van der Waals surface area contributed by atoms with Gasteiger partial charge in [0.15, 0.2) is 19.8 Å². The van der Waals surface area contributed by atoms with Crippen LogP contribution in [-0.2, 0) is 37.2 Å². The number of fused-ring (bicyclic) bond motifs is 1. The molecule has 0 saturated heterocycles. The first kappa shape index (κ1) is 36.5. The number of aromatic hydroxyl groups is 1. The molecule has 256 valence electrons. The summed E-state index contributed by atoms with van der Waals surface area (Å²) in [6, 6.07) is 18.0. The Labute approximate surface area is 281 Å². The lowest BCUT2D eigenvalue weighted by Gasteiger charge is -2.38. The molecule has 3 aromatic carbocycles. The van der Waals surface area contributed by atoms with Crippen LogP contribution in [0, 0.1) is 0 Å². The number of hydrogen-bond donors (Lipinski definition) is 4. The zero-order chi connectivity index (χ0) is 34.4. The fourth-order valence-electron chi connectivity index (χ4n) is 6.29. The molecule has 0 aliphatic carbocycles. The summed E-state index contributed by atoms with van der Waals surface area (Å²) in [5.41, 5.74) is 6.02. The monoisotopic (exact) mass is 662 g/mol. The van der Waals surface area contributed by atoms with Crippen molar-refractivity contribution in [3.8, 4) is 17.2 Å². The molecule has 1 aliphatic heterocycles. The van der Waals surface area contributed by atoms with E-state index < -0.39 is 8.32 Å². The number of nitrogens with zero attached hydrogens (tertiary/aromatic N) is 1. The molecule has 0 saturated carbocycles. The first-order chi connectivity index (χ1) is 22.2. The molecule has 4 N–H and O–H groups in total. The molecule has 0 aromatic heterocycles. The summed E-state index contributed by atoms with van der Waals surface area (Å²) in [6.07, 6.45) is 2.71. The minimum absolute atomic E-state index is 0.0848. The Bertz CT molecular complexity index is 1520. The normalized spacial score (nSPS) is 14.8. The molecule has 47 heavy (non-hydrogen) atoms. The molecular weight excluding hydrogens is 609 g/mol. The molecule has 8 nitrogen and oxygen atoms in total. The van der Waals surface area contributed by atoms with Crippen LogP contribution in [0.3, 0.4) is 0 Å². The largest absolute Gasteiger partial charge is 0.508 e. The van der Waals surface area contributed by atoms with Gasteiger partial charge in [0, 0.05) is 31.2 Å². The number of aliphatic hydroxyl groups is 1. The molecule has 0 unspecified atom stereocenters. The highest BCUT2D eigenvalue weighted by atomic mass is 28.4. The molecule has 9 heteroatoms. The van der Waals surface area contributed by atoms with E-state index in [9.17, 15) is 19.8 Å². The number of aliphatic hydroxyl groups excluding tert-OH is 1. The van der Waals surface area contributed by atoms with Crippen molar-refractivity contribution in [2.24, 2.45) is 0 Å². The summed E-state index contributed by atoms with van der Waals surface area (Å²) in [6.45, 7) is 14.6. The Morgan fingerprint density at radius 1 is 1.06 bits per heavy atom. The van der Waals surface area contributed by atoms with Crippen molar-refractivity contribution in [1.82, 2.24) is 10.2 Å². The zero-order valence-electron chi connectivity index (χ0n) is 29.2. The lowest BCUT2D eigenvalue weighted by atomic mass is 9.88. The minimum atomic E-state index is -2.46. The van der Waals surface area contributed by atoms with E-state index in [1.54, 1.807) is 13.2 Å². The number of hydrogen-bond acceptors (Lipinski definition) is 7. The number of amides is 1. The van der Waals surface area contributed by atoms with Gasteiger partial charge in [-0.3, -0.25) is 4.79 Å². The van der Waals surface area contributed by atoms with Gasteiger partial charge in [0.2, 0.25) is 5.91 Å². The van der Waals surface area contributed by atoms with Crippen LogP contribution in [0.1, 0.15) is 73.4 Å². The highest BCUT2D eigenvalue weighted by molar-refractivity contribution is 6.72. The van der Waals surface area contributed by atoms with Crippen molar-refractivity contribution in [3.05, 3.63) is 88.0 Å². The Hall–Kier alpha value is -3.37. The maximum atomic E-state index is 13.4. The quantitative estimate of drug-likeness (QED) is 0.146. The van der Waals surface area contributed by atoms with Gasteiger partial charge in [-0.15, -0.1) is 0 Å². The summed E-state index contributed by atoms with van der Waals surface area (Å²) in [4.78, 5) is 26.4. The van der Waals surface area contributed by atoms with Gasteiger partial charge in [-0.05, 0) is 109 Å². The number of carbonyl (C=O) groups excluding carboxylic acids is 1. The highest BCUT2D eigenvalue weighted by Gasteiger charge is 2.40. The van der Waals surface area contributed by atoms with Gasteiger partial charge in [0.1, 0.15) is 5.75 Å². The maximum absolute atomic E-state index is 13.4. The summed E-state index contributed by atoms with van der Waals surface area (Å²) < 4.78 is 11.3. The molecule has 0 radical (unpaired) electrons. The van der Waals surface area contributed by atoms with Gasteiger partial charge in [0.05, 0.1) is 26.7 Å². The number of carbonyl (C=O) groups is 1. The number of rotatable bonds is 15. The molecule has 1 amide bonds. The highest BCUT2D eigenvalue weighted by Crippen LogP contribution is 2.44. The molecule has 3 aromatic rings. The summed E-state index contributed by atoms with van der Waals surface area (Å²) in [5.74, 6) is 1.74. The van der Waals surface area contributed by atoms with Gasteiger partial charge in [-0.1, -0.05) is 44.2 Å². The first-order valence-electron chi connectivity index (χ1n) is 16.8. The Morgan fingerprint density at radius 3 is 2.47 bits per heavy atom. The Kier molecular flexibility index (Phi) is 12.2. The Morgan fingerprint density at radius 2 is 1.79 bits per heavy atom. The van der Waals surface area contributed by atoms with Crippen molar-refractivity contribution in [3.63, 3.8) is 0 Å². The fourth-order valence-corrected chi connectivity index (χ4v) is 7.03. The van der Waals surface area contributed by atoms with Crippen LogP contribution < -0.4 is 14.8 Å². The van der Waals surface area contributed by atoms with E-state index in [4.69, 9.17) is 9.47 Å². The molecule has 0 spiro atoms. The lowest BCUT2D eigenvalue weighted by Crippen LogP contribution is -2.41. The molecule has 0 bridgehead atoms. The van der Waals surface area contributed by atoms with Gasteiger partial charge in [-0.2, -0.15) is 0 Å². The van der Waals surface area contributed by atoms with Crippen LogP contribution in [0.25, 0.3) is 0 Å². The molecule has 4 rings (SSSR count). The first-order valence-corrected chi connectivity index (χ1v) is 19.8. The smallest absolute Gasteiger partial charge is 0.227 e. The molecule has 0 fully saturated rings. The van der Waals surface area contributed by atoms with Crippen LogP contribution in [0.2, 0.25) is 18.1 Å². The van der Waals surface area contributed by atoms with Gasteiger partial charge in [-0.25, -0.2) is 0 Å². The third-order valence-electron chi connectivity index (χ3n) is 9.91. The van der Waals surface area contributed by atoms with Crippen LogP contribution in [0.5, 0.6) is 17.2 Å². The second kappa shape index (κ2) is 15.7.